The summed E-state index contributed by atoms with van der Waals surface area (Å²) in [6, 6.07) is 7.50. The van der Waals surface area contributed by atoms with Crippen LogP contribution in [0.3, 0.4) is 0 Å². The van der Waals surface area contributed by atoms with E-state index in [1.54, 1.807) is 17.0 Å². The van der Waals surface area contributed by atoms with Crippen molar-refractivity contribution in [2.24, 2.45) is 0 Å². The minimum Gasteiger partial charge on any atom is -0.312 e. The van der Waals surface area contributed by atoms with Gasteiger partial charge < -0.3 is 4.90 Å². The molecular weight excluding hydrogens is 372 g/mol. The highest BCUT2D eigenvalue weighted by molar-refractivity contribution is 7.92. The molecule has 0 radical (unpaired) electrons. The van der Waals surface area contributed by atoms with Gasteiger partial charge in [0.2, 0.25) is 5.91 Å². The predicted octanol–water partition coefficient (Wildman–Crippen LogP) is 4.41. The number of hydrogen-bond donors (Lipinski definition) is 1. The SMILES string of the molecule is CCC(=O)N1CCCc2ccc(NS(=O)(=O)c3c(C)c(C)cc(C)c3C)cc21. The Labute approximate surface area is 167 Å². The Morgan fingerprint density at radius 1 is 1.07 bits per heavy atom. The molecule has 1 aliphatic rings. The van der Waals surface area contributed by atoms with Gasteiger partial charge in [-0.05, 0) is 80.5 Å². The fourth-order valence-corrected chi connectivity index (χ4v) is 5.55. The molecule has 0 saturated heterocycles. The van der Waals surface area contributed by atoms with Crippen LogP contribution >= 0.6 is 0 Å². The first-order valence-electron chi connectivity index (χ1n) is 9.69. The molecule has 1 heterocycles. The average molecular weight is 401 g/mol. The van der Waals surface area contributed by atoms with Crippen molar-refractivity contribution in [3.8, 4) is 0 Å². The van der Waals surface area contributed by atoms with Gasteiger partial charge in [-0.25, -0.2) is 8.42 Å². The molecule has 1 aliphatic heterocycles. The Morgan fingerprint density at radius 3 is 2.32 bits per heavy atom. The molecule has 0 bridgehead atoms. The van der Waals surface area contributed by atoms with Crippen LogP contribution in [0.1, 0.15) is 47.6 Å². The molecule has 0 unspecified atom stereocenters. The van der Waals surface area contributed by atoms with Crippen molar-refractivity contribution < 1.29 is 13.2 Å². The second-order valence-corrected chi connectivity index (χ2v) is 9.16. The molecular formula is C22H28N2O3S. The molecule has 0 aliphatic carbocycles. The Balaban J connectivity index is 2.02. The molecule has 2 aromatic rings. The van der Waals surface area contributed by atoms with Crippen molar-refractivity contribution in [3.63, 3.8) is 0 Å². The summed E-state index contributed by atoms with van der Waals surface area (Å²) in [6.07, 6.45) is 2.24. The standard InChI is InChI=1S/C22H28N2O3S/c1-6-21(25)24-11-7-8-18-9-10-19(13-20(18)24)23-28(26,27)22-16(4)14(2)12-15(3)17(22)5/h9-10,12-13,23H,6-8,11H2,1-5H3. The average Bonchev–Trinajstić information content (AvgIpc) is 2.65. The van der Waals surface area contributed by atoms with Crippen LogP contribution in [-0.4, -0.2) is 20.9 Å². The van der Waals surface area contributed by atoms with E-state index in [0.717, 1.165) is 46.3 Å². The number of anilines is 2. The molecule has 28 heavy (non-hydrogen) atoms. The summed E-state index contributed by atoms with van der Waals surface area (Å²) in [5.74, 6) is 0.0574. The van der Waals surface area contributed by atoms with Crippen LogP contribution in [-0.2, 0) is 21.2 Å². The molecule has 0 saturated carbocycles. The zero-order chi connectivity index (χ0) is 20.6. The first-order valence-corrected chi connectivity index (χ1v) is 11.2. The second-order valence-electron chi connectivity index (χ2n) is 7.54. The number of fused-ring (bicyclic) bond motifs is 1. The number of carbonyl (C=O) groups excluding carboxylic acids is 1. The van der Waals surface area contributed by atoms with E-state index in [1.165, 1.54) is 0 Å². The van der Waals surface area contributed by atoms with E-state index in [1.807, 2.05) is 46.8 Å². The highest BCUT2D eigenvalue weighted by atomic mass is 32.2. The molecule has 0 atom stereocenters. The highest BCUT2D eigenvalue weighted by Gasteiger charge is 2.25. The van der Waals surface area contributed by atoms with Crippen molar-refractivity contribution >= 4 is 27.3 Å². The maximum absolute atomic E-state index is 13.2. The van der Waals surface area contributed by atoms with Gasteiger partial charge >= 0.3 is 0 Å². The van der Waals surface area contributed by atoms with Crippen LogP contribution in [0.15, 0.2) is 29.2 Å². The van der Waals surface area contributed by atoms with E-state index in [9.17, 15) is 13.2 Å². The molecule has 0 fully saturated rings. The van der Waals surface area contributed by atoms with Crippen molar-refractivity contribution in [1.29, 1.82) is 0 Å². The number of sulfonamides is 1. The summed E-state index contributed by atoms with van der Waals surface area (Å²) in [7, 11) is -3.74. The van der Waals surface area contributed by atoms with Gasteiger partial charge in [-0.15, -0.1) is 0 Å². The molecule has 1 N–H and O–H groups in total. The van der Waals surface area contributed by atoms with E-state index in [-0.39, 0.29) is 5.91 Å². The maximum Gasteiger partial charge on any atom is 0.262 e. The van der Waals surface area contributed by atoms with Crippen molar-refractivity contribution in [2.75, 3.05) is 16.2 Å². The van der Waals surface area contributed by atoms with E-state index in [2.05, 4.69) is 4.72 Å². The number of amides is 1. The molecule has 2 aromatic carbocycles. The third-order valence-corrected chi connectivity index (χ3v) is 7.28. The lowest BCUT2D eigenvalue weighted by Gasteiger charge is -2.30. The van der Waals surface area contributed by atoms with Gasteiger partial charge in [-0.3, -0.25) is 9.52 Å². The number of carbonyl (C=O) groups is 1. The van der Waals surface area contributed by atoms with Crippen LogP contribution in [0, 0.1) is 27.7 Å². The molecule has 6 heteroatoms. The smallest absolute Gasteiger partial charge is 0.262 e. The number of aryl methyl sites for hydroxylation is 3. The Kier molecular flexibility index (Phi) is 5.53. The fourth-order valence-electron chi connectivity index (χ4n) is 3.88. The quantitative estimate of drug-likeness (QED) is 0.827. The van der Waals surface area contributed by atoms with Gasteiger partial charge in [0, 0.05) is 18.7 Å². The lowest BCUT2D eigenvalue weighted by atomic mass is 10.0. The summed E-state index contributed by atoms with van der Waals surface area (Å²) in [4.78, 5) is 14.4. The third kappa shape index (κ3) is 3.65. The fraction of sp³-hybridized carbons (Fsp3) is 0.409. The first kappa shape index (κ1) is 20.4. The van der Waals surface area contributed by atoms with Crippen LogP contribution in [0.4, 0.5) is 11.4 Å². The van der Waals surface area contributed by atoms with Crippen LogP contribution < -0.4 is 9.62 Å². The van der Waals surface area contributed by atoms with Gasteiger partial charge in [0.05, 0.1) is 10.6 Å². The van der Waals surface area contributed by atoms with Gasteiger partial charge in [-0.1, -0.05) is 19.1 Å². The molecule has 3 rings (SSSR count). The Hall–Kier alpha value is -2.34. The summed E-state index contributed by atoms with van der Waals surface area (Å²) in [5.41, 5.74) is 5.80. The molecule has 5 nitrogen and oxygen atoms in total. The summed E-state index contributed by atoms with van der Waals surface area (Å²) < 4.78 is 29.1. The zero-order valence-electron chi connectivity index (χ0n) is 17.2. The lowest BCUT2D eigenvalue weighted by molar-refractivity contribution is -0.118. The highest BCUT2D eigenvalue weighted by Crippen LogP contribution is 2.33. The van der Waals surface area contributed by atoms with Crippen molar-refractivity contribution in [3.05, 3.63) is 52.1 Å². The Bertz CT molecular complexity index is 1020. The largest absolute Gasteiger partial charge is 0.312 e. The van der Waals surface area contributed by atoms with E-state index >= 15 is 0 Å². The molecule has 150 valence electrons. The topological polar surface area (TPSA) is 66.5 Å². The van der Waals surface area contributed by atoms with E-state index < -0.39 is 10.0 Å². The van der Waals surface area contributed by atoms with E-state index in [0.29, 0.717) is 23.5 Å². The summed E-state index contributed by atoms with van der Waals surface area (Å²) in [5, 5.41) is 0. The third-order valence-electron chi connectivity index (χ3n) is 5.63. The van der Waals surface area contributed by atoms with Crippen LogP contribution in [0.25, 0.3) is 0 Å². The number of hydrogen-bond acceptors (Lipinski definition) is 3. The second kappa shape index (κ2) is 7.59. The Morgan fingerprint density at radius 2 is 1.71 bits per heavy atom. The van der Waals surface area contributed by atoms with E-state index in [4.69, 9.17) is 0 Å². The zero-order valence-corrected chi connectivity index (χ0v) is 18.0. The molecule has 0 spiro atoms. The number of nitrogens with one attached hydrogen (secondary N) is 1. The summed E-state index contributed by atoms with van der Waals surface area (Å²) >= 11 is 0. The number of benzene rings is 2. The maximum atomic E-state index is 13.2. The minimum absolute atomic E-state index is 0.0574. The van der Waals surface area contributed by atoms with Crippen LogP contribution in [0.5, 0.6) is 0 Å². The summed E-state index contributed by atoms with van der Waals surface area (Å²) in [6.45, 7) is 10.0. The van der Waals surface area contributed by atoms with Crippen LogP contribution in [0.2, 0.25) is 0 Å². The van der Waals surface area contributed by atoms with Gasteiger partial charge in [0.25, 0.3) is 10.0 Å². The first-order chi connectivity index (χ1) is 13.2. The lowest BCUT2D eigenvalue weighted by Crippen LogP contribution is -2.35. The molecule has 0 aromatic heterocycles. The predicted molar refractivity (Wildman–Crippen MR) is 114 cm³/mol. The van der Waals surface area contributed by atoms with Gasteiger partial charge in [0.1, 0.15) is 0 Å². The van der Waals surface area contributed by atoms with Gasteiger partial charge in [-0.2, -0.15) is 0 Å². The number of rotatable bonds is 4. The normalized spacial score (nSPS) is 14.0. The van der Waals surface area contributed by atoms with Gasteiger partial charge in [0.15, 0.2) is 0 Å². The monoisotopic (exact) mass is 400 g/mol. The number of nitrogens with zero attached hydrogens (tertiary/aromatic N) is 1. The van der Waals surface area contributed by atoms with Crippen molar-refractivity contribution in [2.45, 2.75) is 58.8 Å². The minimum atomic E-state index is -3.74. The van der Waals surface area contributed by atoms with Crippen molar-refractivity contribution in [1.82, 2.24) is 0 Å². The molecule has 1 amide bonds.